The van der Waals surface area contributed by atoms with Gasteiger partial charge in [-0.25, -0.2) is 13.2 Å². The van der Waals surface area contributed by atoms with Gasteiger partial charge in [0.2, 0.25) is 0 Å². The van der Waals surface area contributed by atoms with Gasteiger partial charge in [0.1, 0.15) is 0 Å². The van der Waals surface area contributed by atoms with Crippen molar-refractivity contribution in [1.82, 2.24) is 15.2 Å². The largest absolute Gasteiger partial charge is 0.493 e. The topological polar surface area (TPSA) is 98.7 Å². The summed E-state index contributed by atoms with van der Waals surface area (Å²) in [6.07, 6.45) is 0. The van der Waals surface area contributed by atoms with Gasteiger partial charge in [-0.1, -0.05) is 24.3 Å². The van der Waals surface area contributed by atoms with Crippen molar-refractivity contribution in [2.24, 2.45) is 7.05 Å². The Morgan fingerprint density at radius 3 is 2.45 bits per heavy atom. The summed E-state index contributed by atoms with van der Waals surface area (Å²) in [6.45, 7) is 2.06. The van der Waals surface area contributed by atoms with Crippen molar-refractivity contribution in [1.29, 1.82) is 0 Å². The Hall–Kier alpha value is -3.20. The van der Waals surface area contributed by atoms with Crippen LogP contribution in [0.15, 0.2) is 47.4 Å². The average molecular weight is 446 g/mol. The van der Waals surface area contributed by atoms with E-state index in [0.29, 0.717) is 27.5 Å². The summed E-state index contributed by atoms with van der Waals surface area (Å²) in [5.41, 5.74) is 2.37. The molecule has 2 aromatic carbocycles. The SMILES string of the molecule is COc1ccc(CNC(=O)NCCS(=O)(=O)c2c(C)n(C)c3ccccc23)cc1OC. The fourth-order valence-corrected chi connectivity index (χ4v) is 5.18. The number of hydrogen-bond donors (Lipinski definition) is 2. The number of nitrogens with zero attached hydrogens (tertiary/aromatic N) is 1. The molecule has 0 atom stereocenters. The first-order valence-electron chi connectivity index (χ1n) is 9.78. The first kappa shape index (κ1) is 22.5. The second-order valence-corrected chi connectivity index (χ2v) is 9.15. The van der Waals surface area contributed by atoms with Gasteiger partial charge in [0.15, 0.2) is 21.3 Å². The van der Waals surface area contributed by atoms with E-state index >= 15 is 0 Å². The second-order valence-electron chi connectivity index (χ2n) is 7.11. The van der Waals surface area contributed by atoms with E-state index in [0.717, 1.165) is 11.1 Å². The van der Waals surface area contributed by atoms with Gasteiger partial charge in [0.25, 0.3) is 0 Å². The number of methoxy groups -OCH3 is 2. The van der Waals surface area contributed by atoms with Crippen LogP contribution in [0.3, 0.4) is 0 Å². The molecule has 3 aromatic rings. The molecule has 0 aliphatic rings. The summed E-state index contributed by atoms with van der Waals surface area (Å²) >= 11 is 0. The van der Waals surface area contributed by atoms with E-state index in [-0.39, 0.29) is 18.8 Å². The Morgan fingerprint density at radius 2 is 1.74 bits per heavy atom. The van der Waals surface area contributed by atoms with Crippen molar-refractivity contribution in [2.45, 2.75) is 18.4 Å². The lowest BCUT2D eigenvalue weighted by Gasteiger charge is -2.11. The first-order chi connectivity index (χ1) is 14.8. The smallest absolute Gasteiger partial charge is 0.315 e. The third-order valence-electron chi connectivity index (χ3n) is 5.21. The van der Waals surface area contributed by atoms with Crippen LogP contribution < -0.4 is 20.1 Å². The van der Waals surface area contributed by atoms with Crippen LogP contribution in [-0.2, 0) is 23.4 Å². The number of aromatic nitrogens is 1. The van der Waals surface area contributed by atoms with Gasteiger partial charge in [-0.05, 0) is 30.7 Å². The number of carbonyl (C=O) groups is 1. The van der Waals surface area contributed by atoms with E-state index in [2.05, 4.69) is 10.6 Å². The molecule has 0 saturated carbocycles. The molecule has 0 bridgehead atoms. The van der Waals surface area contributed by atoms with Crippen LogP contribution in [0.5, 0.6) is 11.5 Å². The van der Waals surface area contributed by atoms with Crippen molar-refractivity contribution in [3.63, 3.8) is 0 Å². The predicted molar refractivity (Wildman–Crippen MR) is 119 cm³/mol. The number of sulfone groups is 1. The van der Waals surface area contributed by atoms with Crippen molar-refractivity contribution >= 4 is 26.8 Å². The van der Waals surface area contributed by atoms with Gasteiger partial charge in [0, 0.05) is 36.7 Å². The Balaban J connectivity index is 1.59. The normalized spacial score (nSPS) is 11.4. The molecule has 1 aromatic heterocycles. The van der Waals surface area contributed by atoms with E-state index in [9.17, 15) is 13.2 Å². The summed E-state index contributed by atoms with van der Waals surface area (Å²) in [6, 6.07) is 12.3. The van der Waals surface area contributed by atoms with Crippen LogP contribution in [0.1, 0.15) is 11.3 Å². The third kappa shape index (κ3) is 4.77. The maximum atomic E-state index is 13.0. The molecule has 2 N–H and O–H groups in total. The van der Waals surface area contributed by atoms with Crippen LogP contribution >= 0.6 is 0 Å². The van der Waals surface area contributed by atoms with Crippen molar-refractivity contribution in [3.05, 3.63) is 53.7 Å². The van der Waals surface area contributed by atoms with Gasteiger partial charge in [0.05, 0.1) is 24.9 Å². The highest BCUT2D eigenvalue weighted by Gasteiger charge is 2.24. The summed E-state index contributed by atoms with van der Waals surface area (Å²) in [4.78, 5) is 12.4. The molecule has 0 saturated heterocycles. The molecule has 166 valence electrons. The molecular weight excluding hydrogens is 418 g/mol. The molecule has 0 unspecified atom stereocenters. The van der Waals surface area contributed by atoms with Crippen LogP contribution in [0.4, 0.5) is 4.79 Å². The van der Waals surface area contributed by atoms with Crippen molar-refractivity contribution in [3.8, 4) is 11.5 Å². The lowest BCUT2D eigenvalue weighted by Crippen LogP contribution is -2.37. The Labute approximate surface area is 182 Å². The molecular formula is C22H27N3O5S. The summed E-state index contributed by atoms with van der Waals surface area (Å²) in [5.74, 6) is 0.981. The van der Waals surface area contributed by atoms with Gasteiger partial charge < -0.3 is 24.7 Å². The quantitative estimate of drug-likeness (QED) is 0.556. The van der Waals surface area contributed by atoms with Crippen LogP contribution in [-0.4, -0.2) is 45.5 Å². The van der Waals surface area contributed by atoms with Gasteiger partial charge >= 0.3 is 6.03 Å². The molecule has 3 rings (SSSR count). The maximum absolute atomic E-state index is 13.0. The zero-order valence-corrected chi connectivity index (χ0v) is 18.9. The van der Waals surface area contributed by atoms with Gasteiger partial charge in [-0.15, -0.1) is 0 Å². The zero-order chi connectivity index (χ0) is 22.6. The van der Waals surface area contributed by atoms with E-state index < -0.39 is 15.9 Å². The third-order valence-corrected chi connectivity index (χ3v) is 7.09. The van der Waals surface area contributed by atoms with E-state index in [4.69, 9.17) is 9.47 Å². The number of rotatable bonds is 8. The number of urea groups is 1. The number of aryl methyl sites for hydroxylation is 1. The average Bonchev–Trinajstić information content (AvgIpc) is 3.02. The minimum Gasteiger partial charge on any atom is -0.493 e. The molecule has 2 amide bonds. The number of benzene rings is 2. The highest BCUT2D eigenvalue weighted by atomic mass is 32.2. The summed E-state index contributed by atoms with van der Waals surface area (Å²) in [5, 5.41) is 6.02. The molecule has 0 aliphatic heterocycles. The number of carbonyl (C=O) groups excluding carboxylic acids is 1. The predicted octanol–water partition coefficient (Wildman–Crippen LogP) is 2.78. The lowest BCUT2D eigenvalue weighted by molar-refractivity contribution is 0.241. The minimum absolute atomic E-state index is 0.00274. The number of hydrogen-bond acceptors (Lipinski definition) is 5. The Kier molecular flexibility index (Phi) is 6.74. The highest BCUT2D eigenvalue weighted by molar-refractivity contribution is 7.91. The van der Waals surface area contributed by atoms with Gasteiger partial charge in [-0.2, -0.15) is 0 Å². The van der Waals surface area contributed by atoms with Crippen LogP contribution in [0, 0.1) is 6.92 Å². The fourth-order valence-electron chi connectivity index (χ4n) is 3.52. The zero-order valence-electron chi connectivity index (χ0n) is 18.1. The van der Waals surface area contributed by atoms with Crippen LogP contribution in [0.25, 0.3) is 10.9 Å². The molecule has 0 radical (unpaired) electrons. The number of nitrogens with one attached hydrogen (secondary N) is 2. The molecule has 31 heavy (non-hydrogen) atoms. The van der Waals surface area contributed by atoms with E-state index in [1.54, 1.807) is 39.3 Å². The van der Waals surface area contributed by atoms with Crippen molar-refractivity contribution in [2.75, 3.05) is 26.5 Å². The van der Waals surface area contributed by atoms with Gasteiger partial charge in [-0.3, -0.25) is 0 Å². The molecule has 8 nitrogen and oxygen atoms in total. The maximum Gasteiger partial charge on any atom is 0.315 e. The number of fused-ring (bicyclic) bond motifs is 1. The number of amides is 2. The standard InChI is InChI=1S/C22H27N3O5S/c1-15-21(17-7-5-6-8-18(17)25(15)2)31(27,28)12-11-23-22(26)24-14-16-9-10-19(29-3)20(13-16)30-4/h5-10,13H,11-12,14H2,1-4H3,(H2,23,24,26). The Bertz CT molecular complexity index is 1200. The monoisotopic (exact) mass is 445 g/mol. The molecule has 0 aliphatic carbocycles. The number of ether oxygens (including phenoxy) is 2. The Morgan fingerprint density at radius 1 is 1.03 bits per heavy atom. The highest BCUT2D eigenvalue weighted by Crippen LogP contribution is 2.29. The van der Waals surface area contributed by atoms with E-state index in [1.165, 1.54) is 0 Å². The lowest BCUT2D eigenvalue weighted by atomic mass is 10.2. The minimum atomic E-state index is -3.57. The van der Waals surface area contributed by atoms with Crippen LogP contribution in [0.2, 0.25) is 0 Å². The van der Waals surface area contributed by atoms with E-state index in [1.807, 2.05) is 35.9 Å². The molecule has 1 heterocycles. The summed E-state index contributed by atoms with van der Waals surface area (Å²) < 4.78 is 38.2. The fraction of sp³-hybridized carbons (Fsp3) is 0.318. The summed E-state index contributed by atoms with van der Waals surface area (Å²) in [7, 11) is 1.37. The number of para-hydroxylation sites is 1. The molecule has 0 spiro atoms. The first-order valence-corrected chi connectivity index (χ1v) is 11.4. The molecule has 9 heteroatoms. The molecule has 0 fully saturated rings. The van der Waals surface area contributed by atoms with Crippen molar-refractivity contribution < 1.29 is 22.7 Å². The second kappa shape index (κ2) is 9.30.